The van der Waals surface area contributed by atoms with Gasteiger partial charge in [0.15, 0.2) is 9.84 Å². The molecule has 0 bridgehead atoms. The Morgan fingerprint density at radius 2 is 1.82 bits per heavy atom. The number of rotatable bonds is 8. The van der Waals surface area contributed by atoms with Crippen LogP contribution in [0.1, 0.15) is 18.4 Å². The molecule has 2 fully saturated rings. The molecule has 178 valence electrons. The van der Waals surface area contributed by atoms with Crippen LogP contribution in [0.2, 0.25) is 0 Å². The molecule has 2 aliphatic rings. The van der Waals surface area contributed by atoms with Crippen LogP contribution in [-0.4, -0.2) is 68.0 Å². The van der Waals surface area contributed by atoms with Gasteiger partial charge in [-0.05, 0) is 61.1 Å². The first-order chi connectivity index (χ1) is 15.8. The first-order valence-corrected chi connectivity index (χ1v) is 15.0. The molecule has 1 amide bonds. The maximum Gasteiger partial charge on any atom is 0.237 e. The minimum absolute atomic E-state index is 0.0473. The van der Waals surface area contributed by atoms with Gasteiger partial charge in [-0.15, -0.1) is 23.5 Å². The van der Waals surface area contributed by atoms with Crippen LogP contribution in [-0.2, 0) is 21.2 Å². The lowest BCUT2D eigenvalue weighted by molar-refractivity contribution is -0.126. The summed E-state index contributed by atoms with van der Waals surface area (Å²) >= 11 is 3.49. The van der Waals surface area contributed by atoms with E-state index in [1.165, 1.54) is 10.5 Å². The van der Waals surface area contributed by atoms with Crippen molar-refractivity contribution in [3.63, 3.8) is 0 Å². The number of nitrogens with zero attached hydrogens (tertiary/aromatic N) is 1. The van der Waals surface area contributed by atoms with Crippen LogP contribution in [0.3, 0.4) is 0 Å². The van der Waals surface area contributed by atoms with Crippen molar-refractivity contribution in [2.24, 2.45) is 0 Å². The molecule has 0 aromatic heterocycles. The number of nitrogens with one attached hydrogen (secondary N) is 1. The van der Waals surface area contributed by atoms with Gasteiger partial charge in [-0.1, -0.05) is 12.1 Å². The second-order valence-electron chi connectivity index (χ2n) is 8.55. The molecule has 2 aliphatic heterocycles. The number of thioether (sulfide) groups is 2. The fourth-order valence-electron chi connectivity index (χ4n) is 4.41. The van der Waals surface area contributed by atoms with E-state index in [1.54, 1.807) is 30.6 Å². The molecule has 9 heteroatoms. The number of benzene rings is 2. The second-order valence-corrected chi connectivity index (χ2v) is 13.0. The van der Waals surface area contributed by atoms with Crippen molar-refractivity contribution >= 4 is 39.3 Å². The smallest absolute Gasteiger partial charge is 0.237 e. The Morgan fingerprint density at radius 1 is 1.12 bits per heavy atom. The Morgan fingerprint density at radius 3 is 2.42 bits per heavy atom. The molecule has 33 heavy (non-hydrogen) atoms. The molecular weight excluding hydrogens is 476 g/mol. The van der Waals surface area contributed by atoms with Crippen LogP contribution in [0.4, 0.5) is 0 Å². The van der Waals surface area contributed by atoms with Crippen LogP contribution >= 0.6 is 23.5 Å². The highest BCUT2D eigenvalue weighted by Crippen LogP contribution is 2.35. The molecule has 6 nitrogen and oxygen atoms in total. The Labute approximate surface area is 204 Å². The normalized spacial score (nSPS) is 24.6. The van der Waals surface area contributed by atoms with Gasteiger partial charge in [0.25, 0.3) is 0 Å². The third-order valence-electron chi connectivity index (χ3n) is 6.15. The van der Waals surface area contributed by atoms with Gasteiger partial charge < -0.3 is 10.1 Å². The topological polar surface area (TPSA) is 75.7 Å². The predicted octanol–water partition coefficient (Wildman–Crippen LogP) is 3.46. The number of ether oxygens (including phenoxy) is 1. The minimum Gasteiger partial charge on any atom is -0.497 e. The molecular formula is C24H30N2O4S3. The van der Waals surface area contributed by atoms with Gasteiger partial charge in [0, 0.05) is 34.2 Å². The van der Waals surface area contributed by atoms with E-state index in [4.69, 9.17) is 4.74 Å². The summed E-state index contributed by atoms with van der Waals surface area (Å²) in [6.45, 7) is 1.48. The summed E-state index contributed by atoms with van der Waals surface area (Å²) in [5, 5.41) is 3.29. The predicted molar refractivity (Wildman–Crippen MR) is 135 cm³/mol. The maximum atomic E-state index is 13.2. The van der Waals surface area contributed by atoms with Gasteiger partial charge in [-0.25, -0.2) is 8.42 Å². The van der Waals surface area contributed by atoms with Crippen LogP contribution in [0.25, 0.3) is 0 Å². The van der Waals surface area contributed by atoms with Crippen molar-refractivity contribution in [2.75, 3.05) is 31.4 Å². The van der Waals surface area contributed by atoms with Crippen LogP contribution < -0.4 is 10.1 Å². The maximum absolute atomic E-state index is 13.2. The van der Waals surface area contributed by atoms with E-state index in [9.17, 15) is 13.2 Å². The van der Waals surface area contributed by atoms with Crippen LogP contribution in [0.5, 0.6) is 5.75 Å². The summed E-state index contributed by atoms with van der Waals surface area (Å²) in [4.78, 5) is 17.8. The first-order valence-electron chi connectivity index (χ1n) is 11.0. The van der Waals surface area contributed by atoms with Crippen molar-refractivity contribution in [1.29, 1.82) is 0 Å². The summed E-state index contributed by atoms with van der Waals surface area (Å²) < 4.78 is 28.9. The lowest BCUT2D eigenvalue weighted by Gasteiger charge is -2.25. The number of sulfone groups is 1. The molecule has 0 spiro atoms. The molecule has 0 saturated carbocycles. The van der Waals surface area contributed by atoms with Gasteiger partial charge in [-0.2, -0.15) is 0 Å². The first kappa shape index (κ1) is 24.4. The quantitative estimate of drug-likeness (QED) is 0.550. The van der Waals surface area contributed by atoms with Crippen LogP contribution in [0.15, 0.2) is 58.3 Å². The highest BCUT2D eigenvalue weighted by molar-refractivity contribution is 8.00. The molecule has 2 aromatic carbocycles. The number of methoxy groups -OCH3 is 1. The van der Waals surface area contributed by atoms with Gasteiger partial charge >= 0.3 is 0 Å². The molecule has 4 rings (SSSR count). The summed E-state index contributed by atoms with van der Waals surface area (Å²) in [5.41, 5.74) is 1.17. The Hall–Kier alpha value is -1.68. The average molecular weight is 507 g/mol. The third kappa shape index (κ3) is 6.47. The molecule has 3 atom stereocenters. The molecule has 0 radical (unpaired) electrons. The standard InChI is InChI=1S/C24H30N2O4S3/c1-30-19-5-9-21(10-6-19)32-22-13-23(24(27)25-18-11-12-33(28,29)16-18)26(15-22)14-17-3-7-20(31-2)8-4-17/h3-10,18,22-23H,11-16H2,1-2H3,(H,25,27)/t18-,22+,23-/m0/s1. The second kappa shape index (κ2) is 10.7. The van der Waals surface area contributed by atoms with Crippen molar-refractivity contribution in [2.45, 2.75) is 46.5 Å². The SMILES string of the molecule is COc1ccc(S[C@@H]2C[C@@H](C(=O)N[C@H]3CCS(=O)(=O)C3)N(Cc3ccc(SC)cc3)C2)cc1. The van der Waals surface area contributed by atoms with Crippen molar-refractivity contribution in [3.8, 4) is 5.75 Å². The molecule has 2 heterocycles. The van der Waals surface area contributed by atoms with E-state index in [2.05, 4.69) is 40.7 Å². The number of likely N-dealkylation sites (tertiary alicyclic amines) is 1. The van der Waals surface area contributed by atoms with E-state index in [1.807, 2.05) is 24.3 Å². The summed E-state index contributed by atoms with van der Waals surface area (Å²) in [7, 11) is -1.38. The lowest BCUT2D eigenvalue weighted by Crippen LogP contribution is -2.47. The zero-order valence-electron chi connectivity index (χ0n) is 18.9. The lowest BCUT2D eigenvalue weighted by atomic mass is 10.1. The number of hydrogen-bond donors (Lipinski definition) is 1. The summed E-state index contributed by atoms with van der Waals surface area (Å²) in [6.07, 6.45) is 3.28. The number of amides is 1. The minimum atomic E-state index is -3.04. The summed E-state index contributed by atoms with van der Waals surface area (Å²) in [5.74, 6) is 0.968. The van der Waals surface area contributed by atoms with Gasteiger partial charge in [0.05, 0.1) is 24.7 Å². The van der Waals surface area contributed by atoms with Gasteiger partial charge in [0.2, 0.25) is 5.91 Å². The Bertz CT molecular complexity index is 1060. The summed E-state index contributed by atoms with van der Waals surface area (Å²) in [6, 6.07) is 15.9. The van der Waals surface area contributed by atoms with Gasteiger partial charge in [0.1, 0.15) is 5.75 Å². The van der Waals surface area contributed by atoms with E-state index in [-0.39, 0.29) is 34.7 Å². The van der Waals surface area contributed by atoms with E-state index in [0.717, 1.165) is 23.6 Å². The number of carbonyl (C=O) groups excluding carboxylic acids is 1. The highest BCUT2D eigenvalue weighted by Gasteiger charge is 2.39. The largest absolute Gasteiger partial charge is 0.497 e. The molecule has 2 saturated heterocycles. The zero-order valence-corrected chi connectivity index (χ0v) is 21.3. The van der Waals surface area contributed by atoms with Crippen molar-refractivity contribution in [1.82, 2.24) is 10.2 Å². The fourth-order valence-corrected chi connectivity index (χ4v) is 7.72. The highest BCUT2D eigenvalue weighted by atomic mass is 32.2. The molecule has 0 aliphatic carbocycles. The van der Waals surface area contributed by atoms with Crippen molar-refractivity contribution < 1.29 is 17.9 Å². The van der Waals surface area contributed by atoms with E-state index < -0.39 is 9.84 Å². The van der Waals surface area contributed by atoms with E-state index >= 15 is 0 Å². The molecule has 0 unspecified atom stereocenters. The third-order valence-corrected chi connectivity index (χ3v) is 9.88. The Balaban J connectivity index is 1.46. The Kier molecular flexibility index (Phi) is 7.94. The van der Waals surface area contributed by atoms with Crippen LogP contribution in [0, 0.1) is 0 Å². The zero-order chi connectivity index (χ0) is 23.4. The monoisotopic (exact) mass is 506 g/mol. The van der Waals surface area contributed by atoms with Crippen molar-refractivity contribution in [3.05, 3.63) is 54.1 Å². The molecule has 1 N–H and O–H groups in total. The number of carbonyl (C=O) groups is 1. The number of hydrogen-bond acceptors (Lipinski definition) is 7. The average Bonchev–Trinajstić information content (AvgIpc) is 3.36. The molecule has 2 aromatic rings. The van der Waals surface area contributed by atoms with Gasteiger partial charge in [-0.3, -0.25) is 9.69 Å². The van der Waals surface area contributed by atoms with E-state index in [0.29, 0.717) is 13.0 Å². The fraction of sp³-hybridized carbons (Fsp3) is 0.458.